The highest BCUT2D eigenvalue weighted by Crippen LogP contribution is 2.37. The van der Waals surface area contributed by atoms with Gasteiger partial charge in [-0.25, -0.2) is 0 Å². The van der Waals surface area contributed by atoms with Crippen LogP contribution in [-0.4, -0.2) is 28.5 Å². The maximum Gasteiger partial charge on any atom is 0.294 e. The number of nitrogens with one attached hydrogen (secondary N) is 1. The summed E-state index contributed by atoms with van der Waals surface area (Å²) in [7, 11) is 0. The van der Waals surface area contributed by atoms with Crippen molar-refractivity contribution in [3.8, 4) is 0 Å². The van der Waals surface area contributed by atoms with Gasteiger partial charge in [-0.05, 0) is 78.5 Å². The molecule has 0 saturated carbocycles. The van der Waals surface area contributed by atoms with Crippen LogP contribution in [0.25, 0.3) is 6.08 Å². The Morgan fingerprint density at radius 1 is 1.06 bits per heavy atom. The number of hydrogen-bond donors (Lipinski definition) is 1. The summed E-state index contributed by atoms with van der Waals surface area (Å²) in [5.41, 5.74) is 0.588. The summed E-state index contributed by atoms with van der Waals surface area (Å²) in [5.74, 6) is -0.903. The maximum absolute atomic E-state index is 12.7. The number of halogens is 2. The fourth-order valence-electron chi connectivity index (χ4n) is 2.73. The normalized spacial score (nSPS) is 14.9. The van der Waals surface area contributed by atoms with Crippen LogP contribution in [0.5, 0.6) is 0 Å². The van der Waals surface area contributed by atoms with Gasteiger partial charge in [0.2, 0.25) is 5.91 Å². The van der Waals surface area contributed by atoms with E-state index in [9.17, 15) is 14.4 Å². The second-order valence-corrected chi connectivity index (χ2v) is 11.4. The topological polar surface area (TPSA) is 66.5 Å². The van der Waals surface area contributed by atoms with Gasteiger partial charge in [-0.3, -0.25) is 19.3 Å². The van der Waals surface area contributed by atoms with Gasteiger partial charge in [-0.1, -0.05) is 39.3 Å². The Balaban J connectivity index is 1.39. The van der Waals surface area contributed by atoms with Crippen molar-refractivity contribution < 1.29 is 14.4 Å². The second-order valence-electron chi connectivity index (χ2n) is 6.54. The van der Waals surface area contributed by atoms with E-state index < -0.39 is 17.1 Å². The SMILES string of the molecule is O=C(CN1C(=O)S/C(=C\c2ccc(Sc3ccc(Cl)cc3)s2)C1=O)Nc1ccc(Br)cc1. The zero-order valence-corrected chi connectivity index (χ0v) is 21.0. The quantitative estimate of drug-likeness (QED) is 0.326. The first-order valence-electron chi connectivity index (χ1n) is 9.21. The van der Waals surface area contributed by atoms with Crippen LogP contribution in [0.15, 0.2) is 79.1 Å². The average Bonchev–Trinajstić information content (AvgIpc) is 3.31. The molecular weight excluding hydrogens is 552 g/mol. The molecule has 2 aromatic carbocycles. The summed E-state index contributed by atoms with van der Waals surface area (Å²) in [6, 6.07) is 18.5. The first kappa shape index (κ1) is 23.1. The molecular formula is C22H14BrClN2O3S3. The number of hydrogen-bond acceptors (Lipinski definition) is 6. The van der Waals surface area contributed by atoms with Gasteiger partial charge >= 0.3 is 0 Å². The molecule has 0 radical (unpaired) electrons. The molecule has 0 spiro atoms. The van der Waals surface area contributed by atoms with Crippen LogP contribution in [0.2, 0.25) is 5.02 Å². The van der Waals surface area contributed by atoms with Gasteiger partial charge in [0.25, 0.3) is 11.1 Å². The van der Waals surface area contributed by atoms with Crippen molar-refractivity contribution in [2.75, 3.05) is 11.9 Å². The summed E-state index contributed by atoms with van der Waals surface area (Å²) in [6.45, 7) is -0.333. The molecule has 0 aliphatic carbocycles. The zero-order valence-electron chi connectivity index (χ0n) is 16.2. The molecule has 162 valence electrons. The molecule has 1 fully saturated rings. The Bertz CT molecular complexity index is 1210. The molecule has 2 heterocycles. The lowest BCUT2D eigenvalue weighted by Gasteiger charge is -2.12. The van der Waals surface area contributed by atoms with Crippen LogP contribution < -0.4 is 5.32 Å². The Kier molecular flexibility index (Phi) is 7.42. The number of imide groups is 1. The molecule has 4 rings (SSSR count). The highest BCUT2D eigenvalue weighted by Gasteiger charge is 2.36. The van der Waals surface area contributed by atoms with Crippen LogP contribution in [0.4, 0.5) is 10.5 Å². The van der Waals surface area contributed by atoms with Gasteiger partial charge in [0.05, 0.1) is 9.11 Å². The standard InChI is InChI=1S/C22H14BrClN2O3S3/c23-13-1-5-15(6-2-13)25-19(27)12-26-21(28)18(32-22(26)29)11-17-9-10-20(31-17)30-16-7-3-14(24)4-8-16/h1-11H,12H2,(H,25,27)/b18-11-. The summed E-state index contributed by atoms with van der Waals surface area (Å²) in [5, 5.41) is 2.91. The Hall–Kier alpha value is -2.04. The molecule has 1 N–H and O–H groups in total. The van der Waals surface area contributed by atoms with E-state index in [1.165, 1.54) is 11.3 Å². The van der Waals surface area contributed by atoms with Crippen LogP contribution in [0, 0.1) is 0 Å². The number of carbonyl (C=O) groups excluding carboxylic acids is 3. The molecule has 0 bridgehead atoms. The number of benzene rings is 2. The molecule has 0 atom stereocenters. The average molecular weight is 566 g/mol. The Labute approximate surface area is 210 Å². The van der Waals surface area contributed by atoms with E-state index in [2.05, 4.69) is 21.2 Å². The van der Waals surface area contributed by atoms with E-state index in [1.54, 1.807) is 42.1 Å². The number of carbonyl (C=O) groups is 3. The highest BCUT2D eigenvalue weighted by atomic mass is 79.9. The summed E-state index contributed by atoms with van der Waals surface area (Å²) in [4.78, 5) is 40.5. The van der Waals surface area contributed by atoms with Crippen LogP contribution in [0.1, 0.15) is 4.88 Å². The van der Waals surface area contributed by atoms with E-state index in [0.717, 1.165) is 35.1 Å². The molecule has 1 aliphatic rings. The predicted octanol–water partition coefficient (Wildman–Crippen LogP) is 6.99. The van der Waals surface area contributed by atoms with Gasteiger partial charge in [-0.2, -0.15) is 0 Å². The van der Waals surface area contributed by atoms with Gasteiger partial charge in [-0.15, -0.1) is 11.3 Å². The maximum atomic E-state index is 12.7. The molecule has 10 heteroatoms. The summed E-state index contributed by atoms with van der Waals surface area (Å²) >= 11 is 13.2. The molecule has 0 unspecified atom stereocenters. The van der Waals surface area contributed by atoms with Crippen molar-refractivity contribution in [3.05, 3.63) is 79.9 Å². The molecule has 1 saturated heterocycles. The van der Waals surface area contributed by atoms with Gasteiger partial charge < -0.3 is 5.32 Å². The fraction of sp³-hybridized carbons (Fsp3) is 0.0455. The largest absolute Gasteiger partial charge is 0.325 e. The molecule has 5 nitrogen and oxygen atoms in total. The molecule has 3 amide bonds. The van der Waals surface area contributed by atoms with E-state index in [-0.39, 0.29) is 6.54 Å². The number of amides is 3. The summed E-state index contributed by atoms with van der Waals surface area (Å²) < 4.78 is 1.93. The third-order valence-electron chi connectivity index (χ3n) is 4.21. The minimum Gasteiger partial charge on any atom is -0.325 e. The lowest BCUT2D eigenvalue weighted by molar-refractivity contribution is -0.127. The van der Waals surface area contributed by atoms with E-state index in [4.69, 9.17) is 11.6 Å². The third-order valence-corrected chi connectivity index (χ3v) is 8.07. The lowest BCUT2D eigenvalue weighted by Crippen LogP contribution is -2.36. The van der Waals surface area contributed by atoms with Gasteiger partial charge in [0.1, 0.15) is 6.54 Å². The Morgan fingerprint density at radius 2 is 1.78 bits per heavy atom. The number of anilines is 1. The van der Waals surface area contributed by atoms with Crippen molar-refractivity contribution in [2.45, 2.75) is 9.10 Å². The van der Waals surface area contributed by atoms with Crippen LogP contribution >= 0.6 is 62.4 Å². The number of nitrogens with zero attached hydrogens (tertiary/aromatic N) is 1. The first-order valence-corrected chi connectivity index (χ1v) is 12.8. The molecule has 32 heavy (non-hydrogen) atoms. The van der Waals surface area contributed by atoms with Crippen molar-refractivity contribution >= 4 is 91.2 Å². The molecule has 3 aromatic rings. The van der Waals surface area contributed by atoms with Crippen LogP contribution in [0.3, 0.4) is 0 Å². The molecule has 1 aromatic heterocycles. The molecule has 1 aliphatic heterocycles. The number of thiophene rings is 1. The van der Waals surface area contributed by atoms with E-state index in [0.29, 0.717) is 15.6 Å². The lowest BCUT2D eigenvalue weighted by atomic mass is 10.3. The Morgan fingerprint density at radius 3 is 2.50 bits per heavy atom. The fourth-order valence-corrected chi connectivity index (χ4v) is 6.09. The minimum absolute atomic E-state index is 0.302. The second kappa shape index (κ2) is 10.3. The minimum atomic E-state index is -0.466. The van der Waals surface area contributed by atoms with Gasteiger partial charge in [0, 0.05) is 25.0 Å². The highest BCUT2D eigenvalue weighted by molar-refractivity contribution is 9.10. The first-order chi connectivity index (χ1) is 15.4. The zero-order chi connectivity index (χ0) is 22.7. The monoisotopic (exact) mass is 564 g/mol. The van der Waals surface area contributed by atoms with Crippen molar-refractivity contribution in [3.63, 3.8) is 0 Å². The predicted molar refractivity (Wildman–Crippen MR) is 135 cm³/mol. The van der Waals surface area contributed by atoms with E-state index in [1.807, 2.05) is 36.4 Å². The number of rotatable bonds is 6. The van der Waals surface area contributed by atoms with Crippen LogP contribution in [-0.2, 0) is 9.59 Å². The van der Waals surface area contributed by atoms with E-state index >= 15 is 0 Å². The summed E-state index contributed by atoms with van der Waals surface area (Å²) in [6.07, 6.45) is 1.69. The third kappa shape index (κ3) is 5.85. The van der Waals surface area contributed by atoms with Gasteiger partial charge in [0.15, 0.2) is 0 Å². The number of thioether (sulfide) groups is 1. The van der Waals surface area contributed by atoms with Crippen molar-refractivity contribution in [2.24, 2.45) is 0 Å². The van der Waals surface area contributed by atoms with Crippen molar-refractivity contribution in [1.82, 2.24) is 4.90 Å². The smallest absolute Gasteiger partial charge is 0.294 e. The van der Waals surface area contributed by atoms with Crippen molar-refractivity contribution in [1.29, 1.82) is 0 Å².